The molecule has 29 heavy (non-hydrogen) atoms. The fourth-order valence-corrected chi connectivity index (χ4v) is 3.28. The second-order valence-electron chi connectivity index (χ2n) is 6.61. The number of aromatic amines is 1. The number of nitrogens with zero attached hydrogens (tertiary/aromatic N) is 3. The van der Waals surface area contributed by atoms with Gasteiger partial charge in [-0.2, -0.15) is 0 Å². The molecule has 0 aliphatic carbocycles. The van der Waals surface area contributed by atoms with E-state index in [1.807, 2.05) is 6.92 Å². The van der Waals surface area contributed by atoms with Crippen molar-refractivity contribution in [3.05, 3.63) is 60.5 Å². The van der Waals surface area contributed by atoms with E-state index in [9.17, 15) is 14.4 Å². The summed E-state index contributed by atoms with van der Waals surface area (Å²) in [5.74, 6) is -0.114. The van der Waals surface area contributed by atoms with E-state index in [1.165, 1.54) is 9.13 Å². The molecule has 0 saturated carbocycles. The Morgan fingerprint density at radius 1 is 1.24 bits per heavy atom. The molecule has 2 heterocycles. The molecule has 0 bridgehead atoms. The molecule has 0 radical (unpaired) electrons. The van der Waals surface area contributed by atoms with Gasteiger partial charge in [0.15, 0.2) is 11.2 Å². The smallest absolute Gasteiger partial charge is 0.330 e. The van der Waals surface area contributed by atoms with E-state index in [0.29, 0.717) is 28.0 Å². The van der Waals surface area contributed by atoms with Crippen LogP contribution in [0.25, 0.3) is 11.2 Å². The minimum Gasteiger partial charge on any atom is -0.457 e. The van der Waals surface area contributed by atoms with Crippen molar-refractivity contribution < 1.29 is 9.53 Å². The van der Waals surface area contributed by atoms with Gasteiger partial charge in [-0.15, -0.1) is 0 Å². The maximum atomic E-state index is 12.2. The summed E-state index contributed by atoms with van der Waals surface area (Å²) in [6, 6.07) is 4.91. The van der Waals surface area contributed by atoms with Gasteiger partial charge in [-0.3, -0.25) is 19.1 Å². The van der Waals surface area contributed by atoms with Crippen molar-refractivity contribution in [2.24, 2.45) is 7.05 Å². The van der Waals surface area contributed by atoms with Crippen LogP contribution in [0, 0.1) is 0 Å². The first-order valence-electron chi connectivity index (χ1n) is 9.09. The molecule has 154 valence electrons. The first-order chi connectivity index (χ1) is 13.8. The monoisotopic (exact) mass is 438 g/mol. The number of hydrogen-bond acceptors (Lipinski definition) is 5. The minimum absolute atomic E-state index is 0.0165. The molecule has 0 amide bonds. The van der Waals surface area contributed by atoms with Gasteiger partial charge in [0, 0.05) is 13.6 Å². The van der Waals surface area contributed by atoms with Crippen LogP contribution in [0.15, 0.2) is 27.8 Å². The first-order valence-corrected chi connectivity index (χ1v) is 9.85. The van der Waals surface area contributed by atoms with Gasteiger partial charge in [0.25, 0.3) is 5.56 Å². The van der Waals surface area contributed by atoms with E-state index in [0.717, 1.165) is 12.8 Å². The average molecular weight is 439 g/mol. The topological polar surface area (TPSA) is 99.0 Å². The molecule has 8 nitrogen and oxygen atoms in total. The van der Waals surface area contributed by atoms with E-state index in [-0.39, 0.29) is 24.2 Å². The van der Waals surface area contributed by atoms with Crippen molar-refractivity contribution in [2.75, 3.05) is 0 Å². The number of H-pyrrole nitrogens is 1. The Kier molecular flexibility index (Phi) is 6.44. The minimum atomic E-state index is -0.527. The van der Waals surface area contributed by atoms with E-state index in [4.69, 9.17) is 27.9 Å². The van der Waals surface area contributed by atoms with Crippen LogP contribution >= 0.6 is 23.2 Å². The number of hydrogen-bond donors (Lipinski definition) is 1. The quantitative estimate of drug-likeness (QED) is 0.571. The Bertz CT molecular complexity index is 1180. The van der Waals surface area contributed by atoms with Gasteiger partial charge >= 0.3 is 11.7 Å². The number of nitrogens with one attached hydrogen (secondary N) is 1. The normalized spacial score (nSPS) is 11.2. The molecule has 1 N–H and O–H groups in total. The predicted octanol–water partition coefficient (Wildman–Crippen LogP) is 2.82. The van der Waals surface area contributed by atoms with Crippen molar-refractivity contribution in [1.82, 2.24) is 19.1 Å². The van der Waals surface area contributed by atoms with Crippen LogP contribution in [-0.2, 0) is 36.2 Å². The van der Waals surface area contributed by atoms with Crippen LogP contribution in [0.2, 0.25) is 10.0 Å². The Morgan fingerprint density at radius 3 is 2.69 bits per heavy atom. The number of unbranched alkanes of at least 4 members (excludes halogenated alkanes) is 1. The zero-order valence-electron chi connectivity index (χ0n) is 16.0. The molecule has 0 saturated heterocycles. The van der Waals surface area contributed by atoms with Crippen molar-refractivity contribution in [2.45, 2.75) is 39.3 Å². The molecular formula is C19H20Cl2N4O4. The summed E-state index contributed by atoms with van der Waals surface area (Å²) < 4.78 is 8.27. The SMILES string of the molecule is CCCCn1c(=O)[nH]c(=O)c2c1nc(COC(=O)Cc1ccc(Cl)c(Cl)c1)n2C. The number of aryl methyl sites for hydroxylation is 2. The third kappa shape index (κ3) is 4.54. The Labute approximate surface area is 176 Å². The lowest BCUT2D eigenvalue weighted by Gasteiger charge is -2.06. The summed E-state index contributed by atoms with van der Waals surface area (Å²) in [4.78, 5) is 43.3. The highest BCUT2D eigenvalue weighted by Gasteiger charge is 2.17. The van der Waals surface area contributed by atoms with Crippen LogP contribution in [0.4, 0.5) is 0 Å². The Morgan fingerprint density at radius 2 is 2.00 bits per heavy atom. The molecule has 10 heteroatoms. The largest absolute Gasteiger partial charge is 0.457 e. The fraction of sp³-hybridized carbons (Fsp3) is 0.368. The van der Waals surface area contributed by atoms with Gasteiger partial charge in [0.2, 0.25) is 0 Å². The molecule has 0 unspecified atom stereocenters. The number of rotatable bonds is 7. The molecular weight excluding hydrogens is 419 g/mol. The van der Waals surface area contributed by atoms with Gasteiger partial charge in [0.05, 0.1) is 16.5 Å². The van der Waals surface area contributed by atoms with Gasteiger partial charge in [-0.1, -0.05) is 42.6 Å². The molecule has 0 fully saturated rings. The third-order valence-corrected chi connectivity index (χ3v) is 5.27. The van der Waals surface area contributed by atoms with Crippen LogP contribution in [-0.4, -0.2) is 25.1 Å². The lowest BCUT2D eigenvalue weighted by molar-refractivity contribution is -0.144. The summed E-state index contributed by atoms with van der Waals surface area (Å²) in [5.41, 5.74) is 0.180. The summed E-state index contributed by atoms with van der Waals surface area (Å²) in [5, 5.41) is 0.763. The van der Waals surface area contributed by atoms with E-state index < -0.39 is 17.2 Å². The lowest BCUT2D eigenvalue weighted by atomic mass is 10.1. The first kappa shape index (κ1) is 21.1. The maximum Gasteiger partial charge on any atom is 0.330 e. The molecule has 3 aromatic rings. The summed E-state index contributed by atoms with van der Waals surface area (Å²) in [7, 11) is 1.64. The van der Waals surface area contributed by atoms with Gasteiger partial charge in [-0.05, 0) is 24.1 Å². The highest BCUT2D eigenvalue weighted by atomic mass is 35.5. The summed E-state index contributed by atoms with van der Waals surface area (Å²) >= 11 is 11.8. The Hall–Kier alpha value is -2.58. The number of esters is 1. The van der Waals surface area contributed by atoms with E-state index in [1.54, 1.807) is 25.2 Å². The maximum absolute atomic E-state index is 12.2. The number of aromatic nitrogens is 4. The molecule has 0 spiro atoms. The lowest BCUT2D eigenvalue weighted by Crippen LogP contribution is -2.31. The average Bonchev–Trinajstić information content (AvgIpc) is 3.00. The standard InChI is InChI=1S/C19H20Cl2N4O4/c1-3-4-7-25-17-16(18(27)23-19(25)28)24(2)14(22-17)10-29-15(26)9-11-5-6-12(20)13(21)8-11/h5-6,8H,3-4,7,9-10H2,1-2H3,(H,23,27,28). The zero-order valence-corrected chi connectivity index (χ0v) is 17.5. The predicted molar refractivity (Wildman–Crippen MR) is 110 cm³/mol. The number of ether oxygens (including phenoxy) is 1. The molecule has 2 aromatic heterocycles. The zero-order chi connectivity index (χ0) is 21.1. The second kappa shape index (κ2) is 8.84. The van der Waals surface area contributed by atoms with Crippen molar-refractivity contribution in [1.29, 1.82) is 0 Å². The number of imidazole rings is 1. The third-order valence-electron chi connectivity index (χ3n) is 4.54. The van der Waals surface area contributed by atoms with Crippen LogP contribution in [0.1, 0.15) is 31.2 Å². The van der Waals surface area contributed by atoms with Crippen molar-refractivity contribution >= 4 is 40.3 Å². The summed E-state index contributed by atoms with van der Waals surface area (Å²) in [6.45, 7) is 2.31. The van der Waals surface area contributed by atoms with Crippen LogP contribution in [0.3, 0.4) is 0 Å². The van der Waals surface area contributed by atoms with Crippen LogP contribution < -0.4 is 11.2 Å². The van der Waals surface area contributed by atoms with Gasteiger partial charge in [0.1, 0.15) is 12.4 Å². The number of halogens is 2. The molecule has 1 aromatic carbocycles. The van der Waals surface area contributed by atoms with Gasteiger partial charge in [-0.25, -0.2) is 9.78 Å². The molecule has 3 rings (SSSR count). The van der Waals surface area contributed by atoms with Crippen molar-refractivity contribution in [3.8, 4) is 0 Å². The highest BCUT2D eigenvalue weighted by molar-refractivity contribution is 6.42. The molecule has 0 aliphatic heterocycles. The fourth-order valence-electron chi connectivity index (χ4n) is 2.96. The number of benzene rings is 1. The Balaban J connectivity index is 1.81. The summed E-state index contributed by atoms with van der Waals surface area (Å²) in [6.07, 6.45) is 1.67. The number of fused-ring (bicyclic) bond motifs is 1. The number of carbonyl (C=O) groups is 1. The number of carbonyl (C=O) groups excluding carboxylic acids is 1. The van der Waals surface area contributed by atoms with E-state index >= 15 is 0 Å². The molecule has 0 aliphatic rings. The van der Waals surface area contributed by atoms with E-state index in [2.05, 4.69) is 9.97 Å². The van der Waals surface area contributed by atoms with Crippen LogP contribution in [0.5, 0.6) is 0 Å². The molecule has 0 atom stereocenters. The second-order valence-corrected chi connectivity index (χ2v) is 7.42. The highest BCUT2D eigenvalue weighted by Crippen LogP contribution is 2.23. The van der Waals surface area contributed by atoms with Crippen molar-refractivity contribution in [3.63, 3.8) is 0 Å². The van der Waals surface area contributed by atoms with Gasteiger partial charge < -0.3 is 9.30 Å².